The number of halogens is 1. The quantitative estimate of drug-likeness (QED) is 0.599. The van der Waals surface area contributed by atoms with E-state index < -0.39 is 0 Å². The summed E-state index contributed by atoms with van der Waals surface area (Å²) in [6, 6.07) is 5.36. The molecule has 0 fully saturated rings. The summed E-state index contributed by atoms with van der Waals surface area (Å²) in [4.78, 5) is 0. The van der Waals surface area contributed by atoms with Crippen LogP contribution in [0.2, 0.25) is 6.32 Å². The van der Waals surface area contributed by atoms with Crippen LogP contribution in [0.5, 0.6) is 0 Å². The second-order valence-electron chi connectivity index (χ2n) is 3.00. The summed E-state index contributed by atoms with van der Waals surface area (Å²) in [5.74, 6) is -0.111. The van der Waals surface area contributed by atoms with Crippen LogP contribution in [0.1, 0.15) is 18.9 Å². The Morgan fingerprint density at radius 1 is 1.42 bits per heavy atom. The third kappa shape index (κ3) is 2.37. The van der Waals surface area contributed by atoms with Crippen LogP contribution in [0, 0.1) is 12.7 Å². The molecule has 0 aromatic heterocycles. The SMILES string of the molecule is CCC[B]c1ccc(C)c(F)c1. The predicted molar refractivity (Wildman–Crippen MR) is 51.6 cm³/mol. The lowest BCUT2D eigenvalue weighted by atomic mass is 9.66. The Balaban J connectivity index is 2.69. The van der Waals surface area contributed by atoms with Gasteiger partial charge in [-0.2, -0.15) is 0 Å². The minimum Gasteiger partial charge on any atom is -0.207 e. The highest BCUT2D eigenvalue weighted by molar-refractivity contribution is 6.53. The number of rotatable bonds is 3. The fraction of sp³-hybridized carbons (Fsp3) is 0.400. The van der Waals surface area contributed by atoms with Crippen LogP contribution in [0.15, 0.2) is 18.2 Å². The largest absolute Gasteiger partial charge is 0.207 e. The van der Waals surface area contributed by atoms with Crippen molar-refractivity contribution in [3.05, 3.63) is 29.6 Å². The summed E-state index contributed by atoms with van der Waals surface area (Å²) in [7, 11) is 2.06. The first-order chi connectivity index (χ1) is 5.74. The van der Waals surface area contributed by atoms with Crippen molar-refractivity contribution in [2.24, 2.45) is 0 Å². The average Bonchev–Trinajstić information content (AvgIpc) is 2.07. The Morgan fingerprint density at radius 3 is 2.75 bits per heavy atom. The van der Waals surface area contributed by atoms with Gasteiger partial charge in [-0.25, -0.2) is 4.39 Å². The van der Waals surface area contributed by atoms with Crippen molar-refractivity contribution in [3.8, 4) is 0 Å². The van der Waals surface area contributed by atoms with Crippen molar-refractivity contribution in [1.82, 2.24) is 0 Å². The van der Waals surface area contributed by atoms with Crippen LogP contribution in [-0.4, -0.2) is 7.28 Å². The van der Waals surface area contributed by atoms with Gasteiger partial charge in [-0.1, -0.05) is 37.3 Å². The first-order valence-electron chi connectivity index (χ1n) is 4.33. The van der Waals surface area contributed by atoms with Gasteiger partial charge in [0.1, 0.15) is 5.82 Å². The predicted octanol–water partition coefficient (Wildman–Crippen LogP) is 2.29. The standard InChI is InChI=1S/C10H13BF/c1-3-6-11-9-5-4-8(2)10(12)7-9/h4-5,7H,3,6H2,1-2H3. The van der Waals surface area contributed by atoms with E-state index in [1.165, 1.54) is 0 Å². The second-order valence-corrected chi connectivity index (χ2v) is 3.00. The summed E-state index contributed by atoms with van der Waals surface area (Å²) >= 11 is 0. The molecular weight excluding hydrogens is 150 g/mol. The molecule has 0 heterocycles. The van der Waals surface area contributed by atoms with Crippen LogP contribution in [-0.2, 0) is 0 Å². The first kappa shape index (κ1) is 9.30. The maximum Gasteiger partial charge on any atom is 0.151 e. The van der Waals surface area contributed by atoms with E-state index in [9.17, 15) is 4.39 Å². The molecule has 63 valence electrons. The molecule has 1 aromatic carbocycles. The van der Waals surface area contributed by atoms with E-state index in [0.29, 0.717) is 5.56 Å². The smallest absolute Gasteiger partial charge is 0.151 e. The number of hydrogen-bond donors (Lipinski definition) is 0. The van der Waals surface area contributed by atoms with Crippen LogP contribution in [0.25, 0.3) is 0 Å². The molecule has 2 heteroatoms. The molecule has 0 bridgehead atoms. The fourth-order valence-electron chi connectivity index (χ4n) is 1.05. The van der Waals surface area contributed by atoms with Crippen LogP contribution in [0.4, 0.5) is 4.39 Å². The molecule has 0 amide bonds. The Hall–Kier alpha value is -0.785. The van der Waals surface area contributed by atoms with E-state index in [4.69, 9.17) is 0 Å². The lowest BCUT2D eigenvalue weighted by Crippen LogP contribution is -2.13. The third-order valence-corrected chi connectivity index (χ3v) is 1.86. The number of hydrogen-bond acceptors (Lipinski definition) is 0. The minimum absolute atomic E-state index is 0.111. The van der Waals surface area contributed by atoms with Crippen LogP contribution < -0.4 is 5.46 Å². The summed E-state index contributed by atoms with van der Waals surface area (Å²) in [6.07, 6.45) is 2.12. The van der Waals surface area contributed by atoms with Gasteiger partial charge in [-0.05, 0) is 18.6 Å². The maximum absolute atomic E-state index is 13.0. The van der Waals surface area contributed by atoms with Crippen molar-refractivity contribution >= 4 is 12.7 Å². The van der Waals surface area contributed by atoms with E-state index in [1.807, 2.05) is 12.1 Å². The van der Waals surface area contributed by atoms with E-state index in [-0.39, 0.29) is 5.82 Å². The Kier molecular flexibility index (Phi) is 3.33. The highest BCUT2D eigenvalue weighted by Crippen LogP contribution is 2.02. The molecule has 0 saturated heterocycles. The summed E-state index contributed by atoms with van der Waals surface area (Å²) in [6.45, 7) is 3.89. The zero-order valence-corrected chi connectivity index (χ0v) is 7.60. The minimum atomic E-state index is -0.111. The highest BCUT2D eigenvalue weighted by atomic mass is 19.1. The van der Waals surface area contributed by atoms with Gasteiger partial charge in [0.15, 0.2) is 7.28 Å². The number of benzene rings is 1. The van der Waals surface area contributed by atoms with Crippen molar-refractivity contribution < 1.29 is 4.39 Å². The molecule has 0 nitrogen and oxygen atoms in total. The third-order valence-electron chi connectivity index (χ3n) is 1.86. The molecule has 0 atom stereocenters. The van der Waals surface area contributed by atoms with Crippen molar-refractivity contribution in [2.75, 3.05) is 0 Å². The van der Waals surface area contributed by atoms with Gasteiger partial charge >= 0.3 is 0 Å². The van der Waals surface area contributed by atoms with Crippen LogP contribution in [0.3, 0.4) is 0 Å². The second kappa shape index (κ2) is 4.29. The highest BCUT2D eigenvalue weighted by Gasteiger charge is 1.99. The lowest BCUT2D eigenvalue weighted by Gasteiger charge is -2.00. The van der Waals surface area contributed by atoms with Gasteiger partial charge < -0.3 is 0 Å². The normalized spacial score (nSPS) is 9.92. The first-order valence-corrected chi connectivity index (χ1v) is 4.33. The van der Waals surface area contributed by atoms with Gasteiger partial charge in [0.25, 0.3) is 0 Å². The van der Waals surface area contributed by atoms with Gasteiger partial charge in [-0.15, -0.1) is 0 Å². The van der Waals surface area contributed by atoms with Crippen molar-refractivity contribution in [1.29, 1.82) is 0 Å². The zero-order chi connectivity index (χ0) is 8.97. The van der Waals surface area contributed by atoms with Crippen molar-refractivity contribution in [3.63, 3.8) is 0 Å². The lowest BCUT2D eigenvalue weighted by molar-refractivity contribution is 0.619. The van der Waals surface area contributed by atoms with Crippen LogP contribution >= 0.6 is 0 Å². The molecule has 1 radical (unpaired) electrons. The molecule has 0 aliphatic heterocycles. The summed E-state index contributed by atoms with van der Waals surface area (Å²) in [5, 5.41) is 0. The van der Waals surface area contributed by atoms with Gasteiger partial charge in [0.05, 0.1) is 0 Å². The zero-order valence-electron chi connectivity index (χ0n) is 7.60. The van der Waals surface area contributed by atoms with E-state index >= 15 is 0 Å². The molecule has 0 aliphatic carbocycles. The Morgan fingerprint density at radius 2 is 2.17 bits per heavy atom. The topological polar surface area (TPSA) is 0 Å². The molecule has 0 saturated carbocycles. The number of aryl methyl sites for hydroxylation is 1. The molecule has 0 aliphatic rings. The average molecular weight is 163 g/mol. The molecular formula is C10H13BF. The van der Waals surface area contributed by atoms with E-state index in [2.05, 4.69) is 14.2 Å². The summed E-state index contributed by atoms with van der Waals surface area (Å²) < 4.78 is 13.0. The molecule has 1 aromatic rings. The van der Waals surface area contributed by atoms with Gasteiger partial charge in [0.2, 0.25) is 0 Å². The maximum atomic E-state index is 13.0. The molecule has 1 rings (SSSR count). The fourth-order valence-corrected chi connectivity index (χ4v) is 1.05. The molecule has 0 unspecified atom stereocenters. The van der Waals surface area contributed by atoms with Crippen molar-refractivity contribution in [2.45, 2.75) is 26.6 Å². The summed E-state index contributed by atoms with van der Waals surface area (Å²) in [5.41, 5.74) is 1.70. The molecule has 0 spiro atoms. The monoisotopic (exact) mass is 163 g/mol. The van der Waals surface area contributed by atoms with Gasteiger partial charge in [0, 0.05) is 0 Å². The van der Waals surface area contributed by atoms with Gasteiger partial charge in [-0.3, -0.25) is 0 Å². The Labute approximate surface area is 74.0 Å². The Bertz CT molecular complexity index is 258. The van der Waals surface area contributed by atoms with E-state index in [1.54, 1.807) is 13.0 Å². The molecule has 12 heavy (non-hydrogen) atoms. The molecule has 0 N–H and O–H groups in total. The van der Waals surface area contributed by atoms with E-state index in [0.717, 1.165) is 18.2 Å².